The summed E-state index contributed by atoms with van der Waals surface area (Å²) in [6, 6.07) is 10.9. The minimum Gasteiger partial charge on any atom is -0.485 e. The zero-order valence-electron chi connectivity index (χ0n) is 18.6. The van der Waals surface area contributed by atoms with E-state index in [4.69, 9.17) is 4.74 Å². The molecule has 1 unspecified atom stereocenters. The summed E-state index contributed by atoms with van der Waals surface area (Å²) in [4.78, 5) is 0. The van der Waals surface area contributed by atoms with Crippen LogP contribution in [0.5, 0.6) is 5.75 Å². The molecule has 3 rings (SSSR count). The smallest absolute Gasteiger partial charge is 0.191 e. The van der Waals surface area contributed by atoms with E-state index in [2.05, 4.69) is 38.1 Å². The van der Waals surface area contributed by atoms with E-state index in [0.717, 1.165) is 5.56 Å². The average molecular weight is 413 g/mol. The molecule has 3 heteroatoms. The molecule has 0 spiro atoms. The molecule has 0 aliphatic heterocycles. The molecule has 1 nitrogen and oxygen atoms in total. The van der Waals surface area contributed by atoms with Crippen LogP contribution < -0.4 is 4.74 Å². The average Bonchev–Trinajstić information content (AvgIpc) is 2.74. The van der Waals surface area contributed by atoms with Gasteiger partial charge in [-0.1, -0.05) is 56.7 Å². The molecular weight excluding hydrogens is 378 g/mol. The molecule has 1 atom stereocenters. The third-order valence-electron chi connectivity index (χ3n) is 6.19. The Kier molecular flexibility index (Phi) is 7.69. The molecule has 2 aromatic rings. The van der Waals surface area contributed by atoms with Crippen molar-refractivity contribution in [3.63, 3.8) is 0 Å². The van der Waals surface area contributed by atoms with E-state index >= 15 is 0 Å². The van der Waals surface area contributed by atoms with Crippen molar-refractivity contribution in [1.29, 1.82) is 0 Å². The van der Waals surface area contributed by atoms with Crippen LogP contribution in [-0.2, 0) is 0 Å². The van der Waals surface area contributed by atoms with E-state index in [9.17, 15) is 8.78 Å². The third-order valence-corrected chi connectivity index (χ3v) is 6.19. The van der Waals surface area contributed by atoms with E-state index in [1.165, 1.54) is 49.8 Å². The normalized spacial score (nSPS) is 20.6. The Morgan fingerprint density at radius 1 is 0.933 bits per heavy atom. The predicted molar refractivity (Wildman–Crippen MR) is 121 cm³/mol. The van der Waals surface area contributed by atoms with Gasteiger partial charge in [-0.15, -0.1) is 0 Å². The maximum absolute atomic E-state index is 14.3. The lowest BCUT2D eigenvalue weighted by Gasteiger charge is -2.27. The van der Waals surface area contributed by atoms with Gasteiger partial charge in [0.2, 0.25) is 0 Å². The molecule has 0 saturated heterocycles. The standard InChI is InChI=1S/C27H34F2O/c1-5-19(4)6-7-20-8-10-21(11-9-20)22-12-14-23(15-13-22)24-16-25(28)27(26(29)17-24)30-18(2)3/h6-7,12-21H,5,8-11H2,1-4H3. The highest BCUT2D eigenvalue weighted by Crippen LogP contribution is 2.37. The molecule has 0 radical (unpaired) electrons. The molecule has 1 aliphatic rings. The topological polar surface area (TPSA) is 9.23 Å². The van der Waals surface area contributed by atoms with Crippen molar-refractivity contribution in [1.82, 2.24) is 0 Å². The highest BCUT2D eigenvalue weighted by atomic mass is 19.1. The molecule has 30 heavy (non-hydrogen) atoms. The summed E-state index contributed by atoms with van der Waals surface area (Å²) in [5, 5.41) is 0. The van der Waals surface area contributed by atoms with Gasteiger partial charge in [-0.05, 0) is 86.1 Å². The molecule has 0 aromatic heterocycles. The van der Waals surface area contributed by atoms with E-state index in [1.54, 1.807) is 13.8 Å². The second-order valence-corrected chi connectivity index (χ2v) is 8.94. The van der Waals surface area contributed by atoms with Crippen molar-refractivity contribution < 1.29 is 13.5 Å². The first kappa shape index (κ1) is 22.5. The molecular formula is C27H34F2O. The van der Waals surface area contributed by atoms with Crippen LogP contribution in [-0.4, -0.2) is 6.10 Å². The number of ether oxygens (including phenoxy) is 1. The first-order chi connectivity index (χ1) is 14.4. The van der Waals surface area contributed by atoms with Crippen LogP contribution in [0.4, 0.5) is 8.78 Å². The minimum absolute atomic E-state index is 0.278. The Morgan fingerprint density at radius 3 is 2.07 bits per heavy atom. The summed E-state index contributed by atoms with van der Waals surface area (Å²) < 4.78 is 33.9. The lowest BCUT2D eigenvalue weighted by molar-refractivity contribution is 0.219. The van der Waals surface area contributed by atoms with Crippen LogP contribution in [0, 0.1) is 23.5 Å². The molecule has 1 saturated carbocycles. The van der Waals surface area contributed by atoms with Gasteiger partial charge in [0, 0.05) is 0 Å². The maximum Gasteiger partial charge on any atom is 0.191 e. The van der Waals surface area contributed by atoms with Crippen molar-refractivity contribution in [2.75, 3.05) is 0 Å². The predicted octanol–water partition coefficient (Wildman–Crippen LogP) is 8.30. The maximum atomic E-state index is 14.3. The number of allylic oxidation sites excluding steroid dienone is 2. The Hall–Kier alpha value is -2.16. The Labute approximate surface area is 180 Å². The summed E-state index contributed by atoms with van der Waals surface area (Å²) in [7, 11) is 0. The molecule has 0 bridgehead atoms. The largest absolute Gasteiger partial charge is 0.485 e. The fraction of sp³-hybridized carbons (Fsp3) is 0.481. The highest BCUT2D eigenvalue weighted by Gasteiger charge is 2.21. The van der Waals surface area contributed by atoms with Gasteiger partial charge >= 0.3 is 0 Å². The van der Waals surface area contributed by atoms with Gasteiger partial charge in [0.15, 0.2) is 17.4 Å². The summed E-state index contributed by atoms with van der Waals surface area (Å²) in [5.41, 5.74) is 2.67. The number of hydrogen-bond donors (Lipinski definition) is 0. The third kappa shape index (κ3) is 5.71. The monoisotopic (exact) mass is 412 g/mol. The SMILES string of the molecule is CCC(C)C=CC1CCC(c2ccc(-c3cc(F)c(OC(C)C)c(F)c3)cc2)CC1. The first-order valence-electron chi connectivity index (χ1n) is 11.3. The first-order valence-corrected chi connectivity index (χ1v) is 11.3. The van der Waals surface area contributed by atoms with Crippen LogP contribution in [0.2, 0.25) is 0 Å². The molecule has 0 amide bonds. The lowest BCUT2D eigenvalue weighted by Crippen LogP contribution is -2.12. The number of hydrogen-bond acceptors (Lipinski definition) is 1. The van der Waals surface area contributed by atoms with Crippen LogP contribution >= 0.6 is 0 Å². The Balaban J connectivity index is 1.65. The zero-order valence-corrected chi connectivity index (χ0v) is 18.6. The highest BCUT2D eigenvalue weighted by molar-refractivity contribution is 5.65. The molecule has 1 aliphatic carbocycles. The fourth-order valence-electron chi connectivity index (χ4n) is 4.15. The van der Waals surface area contributed by atoms with Gasteiger partial charge in [0.05, 0.1) is 6.10 Å². The van der Waals surface area contributed by atoms with E-state index in [-0.39, 0.29) is 11.9 Å². The number of halogens is 2. The van der Waals surface area contributed by atoms with Crippen LogP contribution in [0.3, 0.4) is 0 Å². The van der Waals surface area contributed by atoms with Crippen molar-refractivity contribution >= 4 is 0 Å². The van der Waals surface area contributed by atoms with E-state index < -0.39 is 11.6 Å². The molecule has 2 aromatic carbocycles. The number of benzene rings is 2. The van der Waals surface area contributed by atoms with Crippen molar-refractivity contribution in [3.05, 3.63) is 65.7 Å². The van der Waals surface area contributed by atoms with Gasteiger partial charge in [-0.25, -0.2) is 8.78 Å². The Bertz CT molecular complexity index is 823. The van der Waals surface area contributed by atoms with Gasteiger partial charge in [0.1, 0.15) is 0 Å². The molecule has 0 N–H and O–H groups in total. The zero-order chi connectivity index (χ0) is 21.7. The lowest BCUT2D eigenvalue weighted by atomic mass is 9.78. The summed E-state index contributed by atoms with van der Waals surface area (Å²) >= 11 is 0. The second kappa shape index (κ2) is 10.2. The summed E-state index contributed by atoms with van der Waals surface area (Å²) in [5.74, 6) is 0.313. The van der Waals surface area contributed by atoms with E-state index in [1.807, 2.05) is 12.1 Å². The van der Waals surface area contributed by atoms with Crippen molar-refractivity contribution in [2.45, 2.75) is 71.8 Å². The van der Waals surface area contributed by atoms with Gasteiger partial charge < -0.3 is 4.74 Å². The van der Waals surface area contributed by atoms with Crippen LogP contribution in [0.25, 0.3) is 11.1 Å². The fourth-order valence-corrected chi connectivity index (χ4v) is 4.15. The van der Waals surface area contributed by atoms with E-state index in [0.29, 0.717) is 23.3 Å². The molecule has 1 fully saturated rings. The van der Waals surface area contributed by atoms with Crippen LogP contribution in [0.15, 0.2) is 48.6 Å². The minimum atomic E-state index is -0.661. The van der Waals surface area contributed by atoms with Crippen LogP contribution in [0.1, 0.15) is 71.3 Å². The molecule has 0 heterocycles. The quantitative estimate of drug-likeness (QED) is 0.416. The van der Waals surface area contributed by atoms with Gasteiger partial charge in [0.25, 0.3) is 0 Å². The summed E-state index contributed by atoms with van der Waals surface area (Å²) in [6.45, 7) is 8.00. The second-order valence-electron chi connectivity index (χ2n) is 8.94. The van der Waals surface area contributed by atoms with Gasteiger partial charge in [-0.3, -0.25) is 0 Å². The summed E-state index contributed by atoms with van der Waals surface area (Å²) in [6.07, 6.45) is 10.6. The number of rotatable bonds is 7. The Morgan fingerprint density at radius 2 is 1.53 bits per heavy atom. The van der Waals surface area contributed by atoms with Crippen molar-refractivity contribution in [3.8, 4) is 16.9 Å². The van der Waals surface area contributed by atoms with Gasteiger partial charge in [-0.2, -0.15) is 0 Å². The van der Waals surface area contributed by atoms with Crippen molar-refractivity contribution in [2.24, 2.45) is 11.8 Å². The molecule has 162 valence electrons.